The van der Waals surface area contributed by atoms with Crippen molar-refractivity contribution in [3.05, 3.63) is 59.8 Å². The van der Waals surface area contributed by atoms with Gasteiger partial charge in [0.25, 0.3) is 0 Å². The van der Waals surface area contributed by atoms with E-state index in [1.807, 2.05) is 44.2 Å². The number of carbonyl (C=O) groups excluding carboxylic acids is 2. The molecule has 3 aromatic rings. The van der Waals surface area contributed by atoms with Crippen LogP contribution >= 0.6 is 0 Å². The third-order valence-electron chi connectivity index (χ3n) is 6.46. The fraction of sp³-hybridized carbons (Fsp3) is 0.393. The Morgan fingerprint density at radius 2 is 1.83 bits per heavy atom. The number of methoxy groups -OCH3 is 1. The lowest BCUT2D eigenvalue weighted by molar-refractivity contribution is -0.116. The molecule has 0 spiro atoms. The molecule has 1 aliphatic rings. The molecule has 1 aliphatic carbocycles. The maximum absolute atomic E-state index is 13.2. The van der Waals surface area contributed by atoms with Crippen molar-refractivity contribution in [1.29, 1.82) is 0 Å². The molecule has 0 bridgehead atoms. The standard InChI is InChI=1S/C28H34N4O4/c1-18(2)14-27(34)30-21-10-13-26(33)23(15-21)24-16-25(20-6-4-5-7-20)32(31-24)28(35)29-17-19-8-11-22(36-3)12-9-19/h8-13,15-16,18,20,33H,4-7,14,17H2,1-3H3,(H,29,35)(H,30,34). The van der Waals surface area contributed by atoms with E-state index in [4.69, 9.17) is 4.74 Å². The fourth-order valence-corrected chi connectivity index (χ4v) is 4.60. The van der Waals surface area contributed by atoms with E-state index < -0.39 is 0 Å². The van der Waals surface area contributed by atoms with E-state index in [0.717, 1.165) is 42.7 Å². The number of phenols is 1. The van der Waals surface area contributed by atoms with Crippen molar-refractivity contribution in [2.75, 3.05) is 12.4 Å². The molecule has 0 radical (unpaired) electrons. The van der Waals surface area contributed by atoms with E-state index in [2.05, 4.69) is 15.7 Å². The van der Waals surface area contributed by atoms with Crippen LogP contribution in [0.1, 0.15) is 63.1 Å². The maximum Gasteiger partial charge on any atom is 0.342 e. The van der Waals surface area contributed by atoms with Gasteiger partial charge in [-0.2, -0.15) is 9.78 Å². The van der Waals surface area contributed by atoms with Crippen molar-refractivity contribution < 1.29 is 19.4 Å². The topological polar surface area (TPSA) is 105 Å². The second kappa shape index (κ2) is 11.3. The first-order valence-corrected chi connectivity index (χ1v) is 12.5. The minimum Gasteiger partial charge on any atom is -0.507 e. The molecule has 0 atom stereocenters. The van der Waals surface area contributed by atoms with Crippen molar-refractivity contribution in [3.8, 4) is 22.8 Å². The number of nitrogens with one attached hydrogen (secondary N) is 2. The Morgan fingerprint density at radius 3 is 2.50 bits per heavy atom. The molecular formula is C28H34N4O4. The molecule has 190 valence electrons. The molecule has 2 aromatic carbocycles. The Balaban J connectivity index is 1.59. The van der Waals surface area contributed by atoms with Gasteiger partial charge in [0.15, 0.2) is 0 Å². The zero-order valence-corrected chi connectivity index (χ0v) is 21.1. The highest BCUT2D eigenvalue weighted by Crippen LogP contribution is 2.38. The predicted octanol–water partition coefficient (Wildman–Crippen LogP) is 5.66. The molecule has 36 heavy (non-hydrogen) atoms. The lowest BCUT2D eigenvalue weighted by Crippen LogP contribution is -2.30. The Bertz CT molecular complexity index is 1210. The van der Waals surface area contributed by atoms with Crippen molar-refractivity contribution in [2.24, 2.45) is 5.92 Å². The molecule has 3 N–H and O–H groups in total. The lowest BCUT2D eigenvalue weighted by Gasteiger charge is -2.12. The molecule has 8 heteroatoms. The van der Waals surface area contributed by atoms with Gasteiger partial charge in [0.05, 0.1) is 18.5 Å². The number of aromatic hydroxyl groups is 1. The summed E-state index contributed by atoms with van der Waals surface area (Å²) in [5, 5.41) is 21.0. The van der Waals surface area contributed by atoms with Gasteiger partial charge in [-0.25, -0.2) is 4.79 Å². The highest BCUT2D eigenvalue weighted by Gasteiger charge is 2.26. The van der Waals surface area contributed by atoms with E-state index in [9.17, 15) is 14.7 Å². The second-order valence-corrected chi connectivity index (χ2v) is 9.73. The number of hydrogen-bond donors (Lipinski definition) is 3. The van der Waals surface area contributed by atoms with E-state index >= 15 is 0 Å². The van der Waals surface area contributed by atoms with Crippen LogP contribution in [-0.2, 0) is 11.3 Å². The number of ether oxygens (including phenoxy) is 1. The summed E-state index contributed by atoms with van der Waals surface area (Å²) in [7, 11) is 1.61. The van der Waals surface area contributed by atoms with Gasteiger partial charge in [-0.1, -0.05) is 38.8 Å². The quantitative estimate of drug-likeness (QED) is 0.353. The number of carbonyl (C=O) groups is 2. The van der Waals surface area contributed by atoms with Crippen molar-refractivity contribution in [2.45, 2.75) is 58.4 Å². The summed E-state index contributed by atoms with van der Waals surface area (Å²) in [6.45, 7) is 4.32. The van der Waals surface area contributed by atoms with Gasteiger partial charge < -0.3 is 20.5 Å². The first kappa shape index (κ1) is 25.3. The maximum atomic E-state index is 13.2. The van der Waals surface area contributed by atoms with Crippen LogP contribution in [0.3, 0.4) is 0 Å². The van der Waals surface area contributed by atoms with Crippen LogP contribution in [0, 0.1) is 5.92 Å². The van der Waals surface area contributed by atoms with Gasteiger partial charge in [-0.05, 0) is 60.7 Å². The normalized spacial score (nSPS) is 13.7. The summed E-state index contributed by atoms with van der Waals surface area (Å²) in [5.41, 5.74) is 3.33. The van der Waals surface area contributed by atoms with E-state index in [-0.39, 0.29) is 29.5 Å². The number of nitrogens with zero attached hydrogens (tertiary/aromatic N) is 2. The number of phenolic OH excluding ortho intramolecular Hbond substituents is 1. The third kappa shape index (κ3) is 6.05. The zero-order chi connectivity index (χ0) is 25.7. The largest absolute Gasteiger partial charge is 0.507 e. The highest BCUT2D eigenvalue weighted by atomic mass is 16.5. The Kier molecular flexibility index (Phi) is 7.93. The Hall–Kier alpha value is -3.81. The van der Waals surface area contributed by atoms with Crippen LogP contribution in [-0.4, -0.2) is 33.9 Å². The highest BCUT2D eigenvalue weighted by molar-refractivity contribution is 5.92. The molecular weight excluding hydrogens is 456 g/mol. The third-order valence-corrected chi connectivity index (χ3v) is 6.46. The minimum atomic E-state index is -0.320. The van der Waals surface area contributed by atoms with Gasteiger partial charge >= 0.3 is 6.03 Å². The molecule has 1 heterocycles. The number of rotatable bonds is 8. The number of amides is 2. The van der Waals surface area contributed by atoms with Crippen molar-refractivity contribution >= 4 is 17.6 Å². The number of hydrogen-bond acceptors (Lipinski definition) is 5. The molecule has 0 aliphatic heterocycles. The van der Waals surface area contributed by atoms with Crippen LogP contribution in [0.15, 0.2) is 48.5 Å². The Labute approximate surface area is 211 Å². The molecule has 1 aromatic heterocycles. The van der Waals surface area contributed by atoms with Crippen LogP contribution in [0.2, 0.25) is 0 Å². The predicted molar refractivity (Wildman–Crippen MR) is 139 cm³/mol. The van der Waals surface area contributed by atoms with Gasteiger partial charge in [-0.15, -0.1) is 0 Å². The molecule has 0 saturated heterocycles. The summed E-state index contributed by atoms with van der Waals surface area (Å²) >= 11 is 0. The lowest BCUT2D eigenvalue weighted by atomic mass is 10.0. The smallest absolute Gasteiger partial charge is 0.342 e. The zero-order valence-electron chi connectivity index (χ0n) is 21.1. The summed E-state index contributed by atoms with van der Waals surface area (Å²) in [6, 6.07) is 14.0. The van der Waals surface area contributed by atoms with Gasteiger partial charge in [0.2, 0.25) is 5.91 Å². The average molecular weight is 491 g/mol. The second-order valence-electron chi connectivity index (χ2n) is 9.73. The first-order chi connectivity index (χ1) is 17.3. The van der Waals surface area contributed by atoms with E-state index in [1.54, 1.807) is 25.3 Å². The molecule has 8 nitrogen and oxygen atoms in total. The van der Waals surface area contributed by atoms with Gasteiger partial charge in [-0.3, -0.25) is 4.79 Å². The minimum absolute atomic E-state index is 0.0399. The van der Waals surface area contributed by atoms with Gasteiger partial charge in [0.1, 0.15) is 11.5 Å². The van der Waals surface area contributed by atoms with E-state index in [1.165, 1.54) is 4.68 Å². The van der Waals surface area contributed by atoms with Crippen molar-refractivity contribution in [3.63, 3.8) is 0 Å². The molecule has 1 saturated carbocycles. The van der Waals surface area contributed by atoms with Crippen LogP contribution < -0.4 is 15.4 Å². The SMILES string of the molecule is COc1ccc(CNC(=O)n2nc(-c3cc(NC(=O)CC(C)C)ccc3O)cc2C2CCCC2)cc1. The van der Waals surface area contributed by atoms with Crippen LogP contribution in [0.4, 0.5) is 10.5 Å². The molecule has 0 unspecified atom stereocenters. The summed E-state index contributed by atoms with van der Waals surface area (Å²) < 4.78 is 6.62. The monoisotopic (exact) mass is 490 g/mol. The fourth-order valence-electron chi connectivity index (χ4n) is 4.60. The molecule has 2 amide bonds. The number of anilines is 1. The summed E-state index contributed by atoms with van der Waals surface area (Å²) in [4.78, 5) is 25.5. The first-order valence-electron chi connectivity index (χ1n) is 12.5. The average Bonchev–Trinajstić information content (AvgIpc) is 3.54. The number of benzene rings is 2. The van der Waals surface area contributed by atoms with Crippen LogP contribution in [0.25, 0.3) is 11.3 Å². The van der Waals surface area contributed by atoms with E-state index in [0.29, 0.717) is 29.9 Å². The van der Waals surface area contributed by atoms with Crippen LogP contribution in [0.5, 0.6) is 11.5 Å². The molecule has 1 fully saturated rings. The summed E-state index contributed by atoms with van der Waals surface area (Å²) in [6.07, 6.45) is 4.62. The van der Waals surface area contributed by atoms with Gasteiger partial charge in [0, 0.05) is 30.1 Å². The number of aromatic nitrogens is 2. The Morgan fingerprint density at radius 1 is 1.11 bits per heavy atom. The van der Waals surface area contributed by atoms with Crippen molar-refractivity contribution in [1.82, 2.24) is 15.1 Å². The summed E-state index contributed by atoms with van der Waals surface area (Å²) in [5.74, 6) is 1.18. The molecule has 4 rings (SSSR count).